The summed E-state index contributed by atoms with van der Waals surface area (Å²) in [5, 5.41) is 0. The van der Waals surface area contributed by atoms with Crippen molar-refractivity contribution in [1.29, 1.82) is 0 Å². The normalized spacial score (nSPS) is 21.4. The molecule has 1 fully saturated rings. The topological polar surface area (TPSA) is 26.5 Å². The Kier molecular flexibility index (Phi) is 2.40. The van der Waals surface area contributed by atoms with Gasteiger partial charge in [0.05, 0.1) is 18.3 Å². The van der Waals surface area contributed by atoms with Gasteiger partial charge in [-0.1, -0.05) is 6.07 Å². The number of aryl methyl sites for hydroxylation is 1. The first-order chi connectivity index (χ1) is 7.86. The second-order valence-electron chi connectivity index (χ2n) is 4.48. The van der Waals surface area contributed by atoms with Crippen LogP contribution in [0.5, 0.6) is 0 Å². The number of aromatic nitrogens is 2. The van der Waals surface area contributed by atoms with Gasteiger partial charge in [0.2, 0.25) is 0 Å². The van der Waals surface area contributed by atoms with Crippen molar-refractivity contribution in [3.05, 3.63) is 35.9 Å². The summed E-state index contributed by atoms with van der Waals surface area (Å²) in [6.45, 7) is 3.84. The number of rotatable bonds is 1. The minimum Gasteiger partial charge on any atom is -0.381 e. The van der Waals surface area contributed by atoms with E-state index in [0.29, 0.717) is 5.92 Å². The van der Waals surface area contributed by atoms with E-state index in [9.17, 15) is 0 Å². The summed E-state index contributed by atoms with van der Waals surface area (Å²) in [5.41, 5.74) is 2.49. The molecule has 0 amide bonds. The first-order valence-corrected chi connectivity index (χ1v) is 5.86. The van der Waals surface area contributed by atoms with Crippen LogP contribution in [-0.4, -0.2) is 22.6 Å². The van der Waals surface area contributed by atoms with E-state index in [1.54, 1.807) is 0 Å². The SMILES string of the molecule is Cc1cccn2c(C3CCCOC3)ncc12. The molecule has 3 heteroatoms. The fraction of sp³-hybridized carbons (Fsp3) is 0.462. The molecule has 0 saturated carbocycles. The van der Waals surface area contributed by atoms with Crippen molar-refractivity contribution >= 4 is 5.52 Å². The predicted molar refractivity (Wildman–Crippen MR) is 62.7 cm³/mol. The van der Waals surface area contributed by atoms with Gasteiger partial charge in [-0.15, -0.1) is 0 Å². The molecule has 1 aliphatic rings. The van der Waals surface area contributed by atoms with Crippen molar-refractivity contribution in [2.75, 3.05) is 13.2 Å². The Morgan fingerprint density at radius 3 is 3.25 bits per heavy atom. The third-order valence-corrected chi connectivity index (χ3v) is 3.34. The van der Waals surface area contributed by atoms with Gasteiger partial charge < -0.3 is 9.14 Å². The van der Waals surface area contributed by atoms with Crippen LogP contribution >= 0.6 is 0 Å². The molecule has 1 atom stereocenters. The van der Waals surface area contributed by atoms with Gasteiger partial charge in [0.15, 0.2) is 0 Å². The molecular weight excluding hydrogens is 200 g/mol. The molecule has 1 saturated heterocycles. The van der Waals surface area contributed by atoms with Gasteiger partial charge in [-0.3, -0.25) is 0 Å². The minimum atomic E-state index is 0.457. The highest BCUT2D eigenvalue weighted by Crippen LogP contribution is 2.25. The molecule has 3 heterocycles. The molecule has 0 aliphatic carbocycles. The number of fused-ring (bicyclic) bond motifs is 1. The Morgan fingerprint density at radius 1 is 1.50 bits per heavy atom. The van der Waals surface area contributed by atoms with Gasteiger partial charge in [0, 0.05) is 18.7 Å². The second-order valence-corrected chi connectivity index (χ2v) is 4.48. The van der Waals surface area contributed by atoms with E-state index in [4.69, 9.17) is 4.74 Å². The number of pyridine rings is 1. The van der Waals surface area contributed by atoms with Crippen LogP contribution in [0.3, 0.4) is 0 Å². The average molecular weight is 216 g/mol. The second kappa shape index (κ2) is 3.91. The number of hydrogen-bond acceptors (Lipinski definition) is 2. The highest BCUT2D eigenvalue weighted by atomic mass is 16.5. The van der Waals surface area contributed by atoms with Crippen LogP contribution in [0.4, 0.5) is 0 Å². The Morgan fingerprint density at radius 2 is 2.44 bits per heavy atom. The molecule has 84 valence electrons. The van der Waals surface area contributed by atoms with Gasteiger partial charge in [-0.2, -0.15) is 0 Å². The van der Waals surface area contributed by atoms with Crippen molar-refractivity contribution in [2.24, 2.45) is 0 Å². The van der Waals surface area contributed by atoms with Gasteiger partial charge in [0.25, 0.3) is 0 Å². The summed E-state index contributed by atoms with van der Waals surface area (Å²) in [6.07, 6.45) is 6.40. The summed E-state index contributed by atoms with van der Waals surface area (Å²) in [7, 11) is 0. The smallest absolute Gasteiger partial charge is 0.118 e. The minimum absolute atomic E-state index is 0.457. The lowest BCUT2D eigenvalue weighted by molar-refractivity contribution is 0.0779. The molecule has 0 N–H and O–H groups in total. The maximum Gasteiger partial charge on any atom is 0.118 e. The lowest BCUT2D eigenvalue weighted by Gasteiger charge is -2.21. The zero-order chi connectivity index (χ0) is 11.0. The van der Waals surface area contributed by atoms with Crippen molar-refractivity contribution < 1.29 is 4.74 Å². The average Bonchev–Trinajstić information content (AvgIpc) is 2.75. The van der Waals surface area contributed by atoms with Crippen molar-refractivity contribution in [1.82, 2.24) is 9.38 Å². The maximum absolute atomic E-state index is 5.53. The molecule has 0 spiro atoms. The van der Waals surface area contributed by atoms with E-state index >= 15 is 0 Å². The third-order valence-electron chi connectivity index (χ3n) is 3.34. The van der Waals surface area contributed by atoms with Gasteiger partial charge in [-0.05, 0) is 31.4 Å². The van der Waals surface area contributed by atoms with E-state index in [-0.39, 0.29) is 0 Å². The number of hydrogen-bond donors (Lipinski definition) is 0. The molecular formula is C13H16N2O. The molecule has 3 rings (SSSR count). The number of nitrogens with zero attached hydrogens (tertiary/aromatic N) is 2. The third kappa shape index (κ3) is 1.52. The zero-order valence-electron chi connectivity index (χ0n) is 9.52. The summed E-state index contributed by atoms with van der Waals surface area (Å²) in [4.78, 5) is 4.56. The van der Waals surface area contributed by atoms with E-state index < -0.39 is 0 Å². The molecule has 2 aromatic heterocycles. The van der Waals surface area contributed by atoms with Crippen LogP contribution in [0.15, 0.2) is 24.5 Å². The van der Waals surface area contributed by atoms with Crippen LogP contribution in [0.25, 0.3) is 5.52 Å². The maximum atomic E-state index is 5.53. The van der Waals surface area contributed by atoms with Crippen LogP contribution < -0.4 is 0 Å². The molecule has 3 nitrogen and oxygen atoms in total. The first kappa shape index (κ1) is 9.85. The standard InChI is InChI=1S/C13H16N2O/c1-10-4-2-6-15-12(10)8-14-13(15)11-5-3-7-16-9-11/h2,4,6,8,11H,3,5,7,9H2,1H3. The number of ether oxygens (including phenoxy) is 1. The van der Waals surface area contributed by atoms with Crippen molar-refractivity contribution in [3.63, 3.8) is 0 Å². The van der Waals surface area contributed by atoms with Crippen LogP contribution in [0.2, 0.25) is 0 Å². The fourth-order valence-corrected chi connectivity index (χ4v) is 2.43. The molecule has 0 aromatic carbocycles. The van der Waals surface area contributed by atoms with Crippen LogP contribution in [0, 0.1) is 6.92 Å². The Hall–Kier alpha value is -1.35. The number of imidazole rings is 1. The molecule has 2 aromatic rings. The highest BCUT2D eigenvalue weighted by molar-refractivity contribution is 5.53. The fourth-order valence-electron chi connectivity index (χ4n) is 2.43. The highest BCUT2D eigenvalue weighted by Gasteiger charge is 2.20. The molecule has 1 aliphatic heterocycles. The van der Waals surface area contributed by atoms with E-state index in [0.717, 1.165) is 25.5 Å². The zero-order valence-corrected chi connectivity index (χ0v) is 9.52. The monoisotopic (exact) mass is 216 g/mol. The lowest BCUT2D eigenvalue weighted by atomic mass is 10.0. The summed E-state index contributed by atoms with van der Waals surface area (Å²) >= 11 is 0. The van der Waals surface area contributed by atoms with Gasteiger partial charge >= 0.3 is 0 Å². The summed E-state index contributed by atoms with van der Waals surface area (Å²) < 4.78 is 7.73. The Labute approximate surface area is 95.1 Å². The summed E-state index contributed by atoms with van der Waals surface area (Å²) in [6, 6.07) is 4.20. The quantitative estimate of drug-likeness (QED) is 0.732. The molecule has 0 bridgehead atoms. The van der Waals surface area contributed by atoms with Gasteiger partial charge in [-0.25, -0.2) is 4.98 Å². The van der Waals surface area contributed by atoms with Crippen LogP contribution in [-0.2, 0) is 4.74 Å². The van der Waals surface area contributed by atoms with E-state index in [2.05, 4.69) is 34.6 Å². The van der Waals surface area contributed by atoms with Gasteiger partial charge in [0.1, 0.15) is 5.82 Å². The molecule has 16 heavy (non-hydrogen) atoms. The Bertz CT molecular complexity index is 498. The van der Waals surface area contributed by atoms with Crippen molar-refractivity contribution in [2.45, 2.75) is 25.7 Å². The van der Waals surface area contributed by atoms with Crippen LogP contribution in [0.1, 0.15) is 30.1 Å². The summed E-state index contributed by atoms with van der Waals surface area (Å²) in [5.74, 6) is 1.61. The van der Waals surface area contributed by atoms with E-state index in [1.165, 1.54) is 17.5 Å². The Balaban J connectivity index is 2.06. The lowest BCUT2D eigenvalue weighted by Crippen LogP contribution is -2.17. The molecule has 0 radical (unpaired) electrons. The first-order valence-electron chi connectivity index (χ1n) is 5.86. The predicted octanol–water partition coefficient (Wildman–Crippen LogP) is 2.54. The largest absolute Gasteiger partial charge is 0.381 e. The van der Waals surface area contributed by atoms with Crippen molar-refractivity contribution in [3.8, 4) is 0 Å². The van der Waals surface area contributed by atoms with E-state index in [1.807, 2.05) is 6.20 Å². The molecule has 1 unspecified atom stereocenters.